The van der Waals surface area contributed by atoms with Crippen molar-refractivity contribution in [2.45, 2.75) is 37.7 Å². The molecule has 0 aliphatic carbocycles. The number of thioether (sulfide) groups is 1. The first-order valence-corrected chi connectivity index (χ1v) is 7.36. The zero-order valence-electron chi connectivity index (χ0n) is 11.2. The number of aliphatic hydroxyl groups is 1. The van der Waals surface area contributed by atoms with Gasteiger partial charge in [-0.1, -0.05) is 19.4 Å². The maximum Gasteiger partial charge on any atom is 0.0867 e. The molecule has 0 saturated carbocycles. The quantitative estimate of drug-likeness (QED) is 0.433. The van der Waals surface area contributed by atoms with Crippen molar-refractivity contribution in [2.24, 2.45) is 0 Å². The van der Waals surface area contributed by atoms with Gasteiger partial charge in [0.05, 0.1) is 12.7 Å². The highest BCUT2D eigenvalue weighted by Gasteiger charge is 2.07. The van der Waals surface area contributed by atoms with Crippen LogP contribution in [0.4, 0.5) is 5.69 Å². The molecule has 0 amide bonds. The second kappa shape index (κ2) is 8.40. The SMILES string of the molecule is CCCCOCC(O)CSc1cc(N)ccc1C. The molecule has 1 atom stereocenters. The Morgan fingerprint density at radius 3 is 2.94 bits per heavy atom. The minimum absolute atomic E-state index is 0.411. The second-order valence-corrected chi connectivity index (χ2v) is 5.48. The first-order chi connectivity index (χ1) is 8.63. The molecular formula is C14H23NO2S. The molecule has 0 radical (unpaired) electrons. The molecule has 1 aromatic carbocycles. The Labute approximate surface area is 114 Å². The molecule has 0 saturated heterocycles. The fraction of sp³-hybridized carbons (Fsp3) is 0.571. The van der Waals surface area contributed by atoms with Crippen LogP contribution in [0.2, 0.25) is 0 Å². The first-order valence-electron chi connectivity index (χ1n) is 6.38. The van der Waals surface area contributed by atoms with Gasteiger partial charge in [-0.3, -0.25) is 0 Å². The summed E-state index contributed by atoms with van der Waals surface area (Å²) in [5, 5.41) is 9.79. The summed E-state index contributed by atoms with van der Waals surface area (Å²) in [6.45, 7) is 5.31. The average Bonchev–Trinajstić information content (AvgIpc) is 2.36. The summed E-state index contributed by atoms with van der Waals surface area (Å²) in [5.41, 5.74) is 7.70. The van der Waals surface area contributed by atoms with E-state index in [0.717, 1.165) is 30.0 Å². The van der Waals surface area contributed by atoms with E-state index in [1.807, 2.05) is 25.1 Å². The van der Waals surface area contributed by atoms with Gasteiger partial charge >= 0.3 is 0 Å². The number of anilines is 1. The van der Waals surface area contributed by atoms with Crippen LogP contribution in [-0.4, -0.2) is 30.2 Å². The van der Waals surface area contributed by atoms with E-state index in [1.165, 1.54) is 5.56 Å². The van der Waals surface area contributed by atoms with Gasteiger partial charge in [-0.25, -0.2) is 0 Å². The number of aliphatic hydroxyl groups excluding tert-OH is 1. The Bertz CT molecular complexity index is 358. The van der Waals surface area contributed by atoms with Gasteiger partial charge in [0.15, 0.2) is 0 Å². The number of nitrogens with two attached hydrogens (primary N) is 1. The van der Waals surface area contributed by atoms with Gasteiger partial charge in [-0.05, 0) is 31.0 Å². The molecule has 0 bridgehead atoms. The number of hydrogen-bond donors (Lipinski definition) is 2. The monoisotopic (exact) mass is 269 g/mol. The molecule has 3 N–H and O–H groups in total. The minimum Gasteiger partial charge on any atom is -0.399 e. The van der Waals surface area contributed by atoms with Crippen LogP contribution in [0.5, 0.6) is 0 Å². The number of rotatable bonds is 8. The fourth-order valence-electron chi connectivity index (χ4n) is 1.47. The predicted molar refractivity (Wildman–Crippen MR) is 78.0 cm³/mol. The summed E-state index contributed by atoms with van der Waals surface area (Å²) in [7, 11) is 0. The first kappa shape index (κ1) is 15.3. The molecule has 1 rings (SSSR count). The molecule has 0 spiro atoms. The molecule has 1 unspecified atom stereocenters. The number of unbranched alkanes of at least 4 members (excludes halogenated alkanes) is 1. The zero-order valence-corrected chi connectivity index (χ0v) is 12.0. The van der Waals surface area contributed by atoms with Crippen LogP contribution in [0, 0.1) is 6.92 Å². The van der Waals surface area contributed by atoms with Crippen molar-refractivity contribution in [1.82, 2.24) is 0 Å². The van der Waals surface area contributed by atoms with E-state index in [2.05, 4.69) is 6.92 Å². The highest BCUT2D eigenvalue weighted by Crippen LogP contribution is 2.25. The number of aryl methyl sites for hydroxylation is 1. The van der Waals surface area contributed by atoms with Crippen molar-refractivity contribution >= 4 is 17.4 Å². The van der Waals surface area contributed by atoms with E-state index in [9.17, 15) is 5.11 Å². The lowest BCUT2D eigenvalue weighted by Gasteiger charge is -2.12. The fourth-order valence-corrected chi connectivity index (χ4v) is 2.46. The van der Waals surface area contributed by atoms with Crippen molar-refractivity contribution < 1.29 is 9.84 Å². The summed E-state index contributed by atoms with van der Waals surface area (Å²) in [5.74, 6) is 0.635. The van der Waals surface area contributed by atoms with Crippen LogP contribution < -0.4 is 5.73 Å². The van der Waals surface area contributed by atoms with E-state index in [0.29, 0.717) is 12.4 Å². The van der Waals surface area contributed by atoms with Crippen molar-refractivity contribution in [1.29, 1.82) is 0 Å². The van der Waals surface area contributed by atoms with Gasteiger partial charge in [-0.2, -0.15) is 0 Å². The van der Waals surface area contributed by atoms with Gasteiger partial charge in [0.2, 0.25) is 0 Å². The van der Waals surface area contributed by atoms with Crippen molar-refractivity contribution in [2.75, 3.05) is 24.7 Å². The lowest BCUT2D eigenvalue weighted by atomic mass is 10.2. The van der Waals surface area contributed by atoms with Crippen molar-refractivity contribution in [3.8, 4) is 0 Å². The third-order valence-electron chi connectivity index (χ3n) is 2.60. The average molecular weight is 269 g/mol. The van der Waals surface area contributed by atoms with Crippen LogP contribution in [0.25, 0.3) is 0 Å². The minimum atomic E-state index is -0.423. The number of hydrogen-bond acceptors (Lipinski definition) is 4. The van der Waals surface area contributed by atoms with E-state index < -0.39 is 6.10 Å². The van der Waals surface area contributed by atoms with Crippen molar-refractivity contribution in [3.05, 3.63) is 23.8 Å². The van der Waals surface area contributed by atoms with E-state index in [-0.39, 0.29) is 0 Å². The van der Waals surface area contributed by atoms with Crippen LogP contribution in [0.3, 0.4) is 0 Å². The molecule has 0 aliphatic heterocycles. The normalized spacial score (nSPS) is 12.6. The van der Waals surface area contributed by atoms with Gasteiger partial charge in [0.1, 0.15) is 0 Å². The number of ether oxygens (including phenoxy) is 1. The van der Waals surface area contributed by atoms with E-state index >= 15 is 0 Å². The summed E-state index contributed by atoms with van der Waals surface area (Å²) >= 11 is 1.62. The molecule has 1 aromatic rings. The molecule has 18 heavy (non-hydrogen) atoms. The molecule has 0 aliphatic rings. The molecule has 0 heterocycles. The maximum absolute atomic E-state index is 9.79. The summed E-state index contributed by atoms with van der Waals surface area (Å²) in [6.07, 6.45) is 1.74. The van der Waals surface area contributed by atoms with Gasteiger partial charge in [0.25, 0.3) is 0 Å². The van der Waals surface area contributed by atoms with E-state index in [1.54, 1.807) is 11.8 Å². The second-order valence-electron chi connectivity index (χ2n) is 4.42. The lowest BCUT2D eigenvalue weighted by molar-refractivity contribution is 0.0473. The zero-order chi connectivity index (χ0) is 13.4. The Hall–Kier alpha value is -0.710. The van der Waals surface area contributed by atoms with Gasteiger partial charge in [0, 0.05) is 22.9 Å². The summed E-state index contributed by atoms with van der Waals surface area (Å²) in [6, 6.07) is 5.84. The van der Waals surface area contributed by atoms with Crippen LogP contribution in [0.1, 0.15) is 25.3 Å². The molecule has 102 valence electrons. The van der Waals surface area contributed by atoms with Crippen LogP contribution in [-0.2, 0) is 4.74 Å². The van der Waals surface area contributed by atoms with Crippen LogP contribution >= 0.6 is 11.8 Å². The standard InChI is InChI=1S/C14H23NO2S/c1-3-4-7-17-9-13(16)10-18-14-8-12(15)6-5-11(14)2/h5-6,8,13,16H,3-4,7,9-10,15H2,1-2H3. The maximum atomic E-state index is 9.79. The van der Waals surface area contributed by atoms with Crippen molar-refractivity contribution in [3.63, 3.8) is 0 Å². The molecule has 0 fully saturated rings. The Morgan fingerprint density at radius 1 is 1.44 bits per heavy atom. The summed E-state index contributed by atoms with van der Waals surface area (Å²) in [4.78, 5) is 1.13. The van der Waals surface area contributed by atoms with Crippen LogP contribution in [0.15, 0.2) is 23.1 Å². The Kier molecular flexibility index (Phi) is 7.16. The van der Waals surface area contributed by atoms with E-state index in [4.69, 9.17) is 10.5 Å². The largest absolute Gasteiger partial charge is 0.399 e. The Morgan fingerprint density at radius 2 is 2.22 bits per heavy atom. The van der Waals surface area contributed by atoms with Gasteiger partial charge in [-0.15, -0.1) is 11.8 Å². The predicted octanol–water partition coefficient (Wildman–Crippen LogP) is 2.85. The third-order valence-corrected chi connectivity index (χ3v) is 3.90. The molecule has 4 heteroatoms. The lowest BCUT2D eigenvalue weighted by Crippen LogP contribution is -2.18. The highest BCUT2D eigenvalue weighted by molar-refractivity contribution is 7.99. The topological polar surface area (TPSA) is 55.5 Å². The van der Waals surface area contributed by atoms with Gasteiger partial charge < -0.3 is 15.6 Å². The molecular weight excluding hydrogens is 246 g/mol. The molecule has 3 nitrogen and oxygen atoms in total. The third kappa shape index (κ3) is 5.76. The smallest absolute Gasteiger partial charge is 0.0867 e. The molecule has 0 aromatic heterocycles. The Balaban J connectivity index is 2.29. The highest BCUT2D eigenvalue weighted by atomic mass is 32.2. The summed E-state index contributed by atoms with van der Waals surface area (Å²) < 4.78 is 5.39. The number of nitrogen functional groups attached to an aromatic ring is 1. The number of benzene rings is 1.